The molecule has 0 radical (unpaired) electrons. The van der Waals surface area contributed by atoms with Gasteiger partial charge in [0, 0.05) is 0 Å². The first kappa shape index (κ1) is 25.0. The molecule has 0 bridgehead atoms. The Morgan fingerprint density at radius 2 is 1.79 bits per heavy atom. The molecule has 0 saturated carbocycles. The normalized spacial score (nSPS) is 16.6. The van der Waals surface area contributed by atoms with Crippen molar-refractivity contribution >= 4 is 52.2 Å². The summed E-state index contributed by atoms with van der Waals surface area (Å²) in [5, 5.41) is -0.545. The van der Waals surface area contributed by atoms with Crippen LogP contribution in [0.4, 0.5) is 11.5 Å². The number of amidine groups is 1. The molecule has 2 heterocycles. The van der Waals surface area contributed by atoms with E-state index < -0.39 is 23.2 Å². The minimum atomic E-state index is -0.765. The maximum atomic E-state index is 13.1. The third-order valence-electron chi connectivity index (χ3n) is 4.62. The number of para-hydroxylation sites is 1. The molecular weight excluding hydrogens is 464 g/mol. The molecule has 34 heavy (non-hydrogen) atoms. The molecular formula is C22H24N4O7S. The Kier molecular flexibility index (Phi) is 8.41. The molecule has 0 N–H and O–H groups in total. The van der Waals surface area contributed by atoms with Gasteiger partial charge in [0.15, 0.2) is 16.7 Å². The van der Waals surface area contributed by atoms with Gasteiger partial charge in [-0.3, -0.25) is 19.3 Å². The van der Waals surface area contributed by atoms with Crippen molar-refractivity contribution in [3.05, 3.63) is 42.4 Å². The van der Waals surface area contributed by atoms with Crippen LogP contribution in [0.15, 0.2) is 41.7 Å². The molecule has 0 aliphatic carbocycles. The van der Waals surface area contributed by atoms with E-state index >= 15 is 0 Å². The van der Waals surface area contributed by atoms with Crippen molar-refractivity contribution in [3.8, 4) is 0 Å². The molecule has 11 nitrogen and oxygen atoms in total. The summed E-state index contributed by atoms with van der Waals surface area (Å²) in [5.74, 6) is -2.21. The van der Waals surface area contributed by atoms with Crippen molar-refractivity contribution in [3.63, 3.8) is 0 Å². The molecule has 1 fully saturated rings. The van der Waals surface area contributed by atoms with E-state index in [0.717, 1.165) is 11.8 Å². The zero-order chi connectivity index (χ0) is 24.7. The number of nitrogens with zero attached hydrogens (tertiary/aromatic N) is 4. The number of methoxy groups -OCH3 is 1. The molecule has 12 heteroatoms. The molecule has 1 aromatic heterocycles. The molecule has 0 spiro atoms. The summed E-state index contributed by atoms with van der Waals surface area (Å²) in [6.07, 6.45) is 1.13. The van der Waals surface area contributed by atoms with Crippen molar-refractivity contribution < 1.29 is 33.4 Å². The quantitative estimate of drug-likeness (QED) is 0.386. The van der Waals surface area contributed by atoms with Gasteiger partial charge in [-0.1, -0.05) is 30.0 Å². The molecule has 2 aromatic rings. The fourth-order valence-corrected chi connectivity index (χ4v) is 4.26. The second kappa shape index (κ2) is 11.5. The first-order valence-electron chi connectivity index (χ1n) is 10.5. The van der Waals surface area contributed by atoms with Gasteiger partial charge in [-0.2, -0.15) is 0 Å². The summed E-state index contributed by atoms with van der Waals surface area (Å²) >= 11 is 1.06. The highest BCUT2D eigenvalue weighted by molar-refractivity contribution is 8.16. The Labute approximate surface area is 200 Å². The number of imidazole rings is 1. The summed E-state index contributed by atoms with van der Waals surface area (Å²) in [5.41, 5.74) is 0.481. The van der Waals surface area contributed by atoms with Gasteiger partial charge in [-0.25, -0.2) is 14.8 Å². The smallest absolute Gasteiger partial charge is 0.358 e. The van der Waals surface area contributed by atoms with Gasteiger partial charge >= 0.3 is 17.9 Å². The number of aromatic nitrogens is 2. The average Bonchev–Trinajstić information content (AvgIpc) is 3.34. The molecule has 1 amide bonds. The molecule has 1 atom stereocenters. The molecule has 1 aliphatic rings. The minimum Gasteiger partial charge on any atom is -0.469 e. The standard InChI is InChI=1S/C22H24N4O7S/c1-4-32-17(28)12-25-13-23-19(18(25)21(30)33-5-2)24-22-26(14-9-7-6-8-10-14)20(29)15(34-22)11-16(27)31-3/h6-10,13,15H,4-5,11-12H2,1-3H3/t15-/m1/s1. The van der Waals surface area contributed by atoms with Crippen LogP contribution < -0.4 is 4.90 Å². The van der Waals surface area contributed by atoms with E-state index in [1.54, 1.807) is 44.2 Å². The highest BCUT2D eigenvalue weighted by atomic mass is 32.2. The highest BCUT2D eigenvalue weighted by Crippen LogP contribution is 2.35. The van der Waals surface area contributed by atoms with Gasteiger partial charge in [0.05, 0.1) is 38.8 Å². The highest BCUT2D eigenvalue weighted by Gasteiger charge is 2.41. The lowest BCUT2D eigenvalue weighted by Crippen LogP contribution is -2.32. The zero-order valence-corrected chi connectivity index (χ0v) is 19.7. The lowest BCUT2D eigenvalue weighted by Gasteiger charge is -2.16. The lowest BCUT2D eigenvalue weighted by molar-refractivity contribution is -0.144. The number of thioether (sulfide) groups is 1. The lowest BCUT2D eigenvalue weighted by atomic mass is 10.2. The summed E-state index contributed by atoms with van der Waals surface area (Å²) in [7, 11) is 1.25. The molecule has 1 aliphatic heterocycles. The largest absolute Gasteiger partial charge is 0.469 e. The molecule has 3 rings (SSSR count). The Hall–Kier alpha value is -3.67. The van der Waals surface area contributed by atoms with Crippen molar-refractivity contribution in [2.24, 2.45) is 4.99 Å². The topological polar surface area (TPSA) is 129 Å². The van der Waals surface area contributed by atoms with E-state index in [4.69, 9.17) is 14.2 Å². The Morgan fingerprint density at radius 1 is 1.09 bits per heavy atom. The number of aliphatic imine (C=N–C) groups is 1. The summed E-state index contributed by atoms with van der Waals surface area (Å²) in [4.78, 5) is 59.6. The van der Waals surface area contributed by atoms with Gasteiger partial charge < -0.3 is 18.8 Å². The second-order valence-electron chi connectivity index (χ2n) is 6.86. The Bertz CT molecular complexity index is 1100. The van der Waals surface area contributed by atoms with Gasteiger partial charge in [-0.15, -0.1) is 0 Å². The van der Waals surface area contributed by atoms with Crippen LogP contribution in [0.5, 0.6) is 0 Å². The summed E-state index contributed by atoms with van der Waals surface area (Å²) in [6.45, 7) is 3.34. The average molecular weight is 489 g/mol. The molecule has 180 valence electrons. The number of carbonyl (C=O) groups excluding carboxylic acids is 4. The van der Waals surface area contributed by atoms with E-state index in [-0.39, 0.29) is 48.8 Å². The fourth-order valence-electron chi connectivity index (χ4n) is 3.14. The Morgan fingerprint density at radius 3 is 2.44 bits per heavy atom. The number of hydrogen-bond acceptors (Lipinski definition) is 10. The van der Waals surface area contributed by atoms with Crippen LogP contribution >= 0.6 is 11.8 Å². The van der Waals surface area contributed by atoms with Crippen molar-refractivity contribution in [1.82, 2.24) is 9.55 Å². The van der Waals surface area contributed by atoms with E-state index in [2.05, 4.69) is 9.98 Å². The van der Waals surface area contributed by atoms with Crippen LogP contribution in [-0.2, 0) is 35.1 Å². The van der Waals surface area contributed by atoms with Gasteiger partial charge in [0.25, 0.3) is 0 Å². The third kappa shape index (κ3) is 5.63. The molecule has 1 saturated heterocycles. The van der Waals surface area contributed by atoms with Crippen LogP contribution in [0.3, 0.4) is 0 Å². The monoisotopic (exact) mass is 488 g/mol. The number of carbonyl (C=O) groups is 4. The number of hydrogen-bond donors (Lipinski definition) is 0. The second-order valence-corrected chi connectivity index (χ2v) is 8.03. The van der Waals surface area contributed by atoms with Crippen molar-refractivity contribution in [2.45, 2.75) is 32.1 Å². The van der Waals surface area contributed by atoms with Crippen LogP contribution in [0.2, 0.25) is 0 Å². The minimum absolute atomic E-state index is 0.0299. The van der Waals surface area contributed by atoms with E-state index in [0.29, 0.717) is 5.69 Å². The van der Waals surface area contributed by atoms with Gasteiger partial charge in [0.2, 0.25) is 5.91 Å². The van der Waals surface area contributed by atoms with E-state index in [1.165, 1.54) is 22.9 Å². The first-order chi connectivity index (χ1) is 16.4. The van der Waals surface area contributed by atoms with Crippen LogP contribution in [0.1, 0.15) is 30.8 Å². The SMILES string of the molecule is CCOC(=O)Cn1cnc(N=C2S[C@H](CC(=O)OC)C(=O)N2c2ccccc2)c1C(=O)OCC. The number of esters is 3. The maximum absolute atomic E-state index is 13.1. The first-order valence-corrected chi connectivity index (χ1v) is 11.4. The van der Waals surface area contributed by atoms with Crippen molar-refractivity contribution in [1.29, 1.82) is 0 Å². The van der Waals surface area contributed by atoms with E-state index in [1.807, 2.05) is 0 Å². The van der Waals surface area contributed by atoms with E-state index in [9.17, 15) is 19.2 Å². The summed E-state index contributed by atoms with van der Waals surface area (Å²) < 4.78 is 16.1. The number of amides is 1. The molecule has 1 aromatic carbocycles. The van der Waals surface area contributed by atoms with Crippen LogP contribution in [0, 0.1) is 0 Å². The third-order valence-corrected chi connectivity index (χ3v) is 5.76. The number of anilines is 1. The van der Waals surface area contributed by atoms with Crippen LogP contribution in [-0.4, -0.2) is 64.1 Å². The zero-order valence-electron chi connectivity index (χ0n) is 18.9. The summed E-state index contributed by atoms with van der Waals surface area (Å²) in [6, 6.07) is 8.77. The van der Waals surface area contributed by atoms with Crippen LogP contribution in [0.25, 0.3) is 0 Å². The van der Waals surface area contributed by atoms with Gasteiger partial charge in [0.1, 0.15) is 11.8 Å². The fraction of sp³-hybridized carbons (Fsp3) is 0.364. The van der Waals surface area contributed by atoms with Gasteiger partial charge in [-0.05, 0) is 26.0 Å². The van der Waals surface area contributed by atoms with Crippen molar-refractivity contribution in [2.75, 3.05) is 25.2 Å². The predicted molar refractivity (Wildman–Crippen MR) is 124 cm³/mol. The number of benzene rings is 1. The predicted octanol–water partition coefficient (Wildman–Crippen LogP) is 2.32. The number of rotatable bonds is 9. The maximum Gasteiger partial charge on any atom is 0.358 e. The Balaban J connectivity index is 2.04. The molecule has 0 unspecified atom stereocenters. The number of ether oxygens (including phenoxy) is 3.